The van der Waals surface area contributed by atoms with Crippen molar-refractivity contribution in [2.45, 2.75) is 13.1 Å². The molecule has 7 heteroatoms. The van der Waals surface area contributed by atoms with Crippen LogP contribution in [-0.4, -0.2) is 24.1 Å². The number of nitrogens with zero attached hydrogens (tertiary/aromatic N) is 3. The molecule has 0 atom stereocenters. The Morgan fingerprint density at radius 2 is 1.95 bits per heavy atom. The number of hydrogen-bond donors (Lipinski definition) is 0. The van der Waals surface area contributed by atoms with Crippen LogP contribution in [0.1, 0.15) is 11.1 Å². The summed E-state index contributed by atoms with van der Waals surface area (Å²) in [5.74, 6) is -0.250. The average Bonchev–Trinajstić information content (AvgIpc) is 2.44. The van der Waals surface area contributed by atoms with E-state index in [1.54, 1.807) is 18.2 Å². The Balaban J connectivity index is 2.55. The van der Waals surface area contributed by atoms with Crippen LogP contribution in [0.3, 0.4) is 0 Å². The minimum Gasteiger partial charge on any atom is -0.467 e. The summed E-state index contributed by atoms with van der Waals surface area (Å²) in [4.78, 5) is 8.74. The molecular weight excluding hydrogens is 283 g/mol. The van der Waals surface area contributed by atoms with Gasteiger partial charge in [0, 0.05) is 18.9 Å². The molecule has 0 saturated heterocycles. The summed E-state index contributed by atoms with van der Waals surface area (Å²) >= 11 is 0. The van der Waals surface area contributed by atoms with Gasteiger partial charge >= 0.3 is 12.2 Å². The Morgan fingerprint density at radius 3 is 2.52 bits per heavy atom. The van der Waals surface area contributed by atoms with Crippen molar-refractivity contribution < 1.29 is 17.9 Å². The molecular formula is C14H14F3N3O. The van der Waals surface area contributed by atoms with E-state index in [2.05, 4.69) is 9.97 Å². The van der Waals surface area contributed by atoms with Crippen LogP contribution < -0.4 is 9.64 Å². The second-order valence-electron chi connectivity index (χ2n) is 4.49. The van der Waals surface area contributed by atoms with Crippen LogP contribution >= 0.6 is 0 Å². The van der Waals surface area contributed by atoms with Crippen molar-refractivity contribution in [2.75, 3.05) is 19.1 Å². The Labute approximate surface area is 120 Å². The van der Waals surface area contributed by atoms with Crippen LogP contribution in [0, 0.1) is 6.92 Å². The fourth-order valence-corrected chi connectivity index (χ4v) is 1.87. The topological polar surface area (TPSA) is 38.2 Å². The van der Waals surface area contributed by atoms with Crippen molar-refractivity contribution in [3.8, 4) is 6.01 Å². The lowest BCUT2D eigenvalue weighted by Crippen LogP contribution is -2.19. The molecule has 0 aliphatic carbocycles. The number of aromatic nitrogens is 2. The van der Waals surface area contributed by atoms with Gasteiger partial charge in [0.15, 0.2) is 5.82 Å². The fourth-order valence-electron chi connectivity index (χ4n) is 1.87. The van der Waals surface area contributed by atoms with E-state index in [1.165, 1.54) is 19.1 Å². The SMILES string of the molecule is COc1ncc(C(F)(F)F)c(N(C)c2cccc(C)c2)n1. The third kappa shape index (κ3) is 3.24. The number of benzene rings is 1. The Hall–Kier alpha value is -2.31. The second kappa shape index (κ2) is 5.59. The largest absolute Gasteiger partial charge is 0.467 e. The minimum atomic E-state index is -4.54. The van der Waals surface area contributed by atoms with Gasteiger partial charge in [-0.15, -0.1) is 0 Å². The molecule has 0 fully saturated rings. The number of aryl methyl sites for hydroxylation is 1. The molecule has 0 radical (unpaired) electrons. The normalized spacial score (nSPS) is 11.3. The minimum absolute atomic E-state index is 0.113. The number of hydrogen-bond acceptors (Lipinski definition) is 4. The molecule has 2 rings (SSSR count). The molecule has 4 nitrogen and oxygen atoms in total. The monoisotopic (exact) mass is 297 g/mol. The standard InChI is InChI=1S/C14H14F3N3O/c1-9-5-4-6-10(7-9)20(2)12-11(14(15,16)17)8-18-13(19-12)21-3/h4-8H,1-3H3. The fraction of sp³-hybridized carbons (Fsp3) is 0.286. The number of methoxy groups -OCH3 is 1. The molecule has 0 amide bonds. The molecule has 21 heavy (non-hydrogen) atoms. The molecule has 0 aliphatic heterocycles. The first kappa shape index (κ1) is 15.1. The van der Waals surface area contributed by atoms with Gasteiger partial charge in [0.25, 0.3) is 0 Å². The highest BCUT2D eigenvalue weighted by Crippen LogP contribution is 2.37. The number of ether oxygens (including phenoxy) is 1. The van der Waals surface area contributed by atoms with Crippen molar-refractivity contribution in [3.05, 3.63) is 41.6 Å². The van der Waals surface area contributed by atoms with E-state index in [0.29, 0.717) is 5.69 Å². The van der Waals surface area contributed by atoms with Gasteiger partial charge in [-0.05, 0) is 24.6 Å². The molecule has 1 aromatic carbocycles. The molecule has 0 bridgehead atoms. The highest BCUT2D eigenvalue weighted by Gasteiger charge is 2.36. The first-order valence-electron chi connectivity index (χ1n) is 6.11. The number of anilines is 2. The molecule has 0 N–H and O–H groups in total. The molecule has 0 aliphatic rings. The number of rotatable bonds is 3. The van der Waals surface area contributed by atoms with Crippen molar-refractivity contribution in [3.63, 3.8) is 0 Å². The van der Waals surface area contributed by atoms with E-state index >= 15 is 0 Å². The van der Waals surface area contributed by atoms with Crippen LogP contribution in [0.15, 0.2) is 30.5 Å². The molecule has 0 spiro atoms. The molecule has 0 saturated carbocycles. The predicted molar refractivity (Wildman–Crippen MR) is 72.8 cm³/mol. The average molecular weight is 297 g/mol. The molecule has 0 unspecified atom stereocenters. The van der Waals surface area contributed by atoms with Crippen molar-refractivity contribution in [1.82, 2.24) is 9.97 Å². The maximum absolute atomic E-state index is 13.1. The zero-order valence-corrected chi connectivity index (χ0v) is 11.8. The van der Waals surface area contributed by atoms with Crippen LogP contribution in [0.4, 0.5) is 24.7 Å². The number of alkyl halides is 3. The zero-order valence-electron chi connectivity index (χ0n) is 11.8. The van der Waals surface area contributed by atoms with Crippen LogP contribution in [0.2, 0.25) is 0 Å². The van der Waals surface area contributed by atoms with Crippen molar-refractivity contribution >= 4 is 11.5 Å². The van der Waals surface area contributed by atoms with Gasteiger partial charge in [0.1, 0.15) is 5.56 Å². The lowest BCUT2D eigenvalue weighted by atomic mass is 10.2. The first-order valence-corrected chi connectivity index (χ1v) is 6.11. The summed E-state index contributed by atoms with van der Waals surface area (Å²) in [6, 6.07) is 7.00. The maximum Gasteiger partial charge on any atom is 0.421 e. The highest BCUT2D eigenvalue weighted by molar-refractivity contribution is 5.63. The summed E-state index contributed by atoms with van der Waals surface area (Å²) in [6.07, 6.45) is -3.81. The van der Waals surface area contributed by atoms with Crippen molar-refractivity contribution in [2.24, 2.45) is 0 Å². The predicted octanol–water partition coefficient (Wildman–Crippen LogP) is 3.58. The molecule has 2 aromatic rings. The van der Waals surface area contributed by atoms with Gasteiger partial charge < -0.3 is 9.64 Å². The lowest BCUT2D eigenvalue weighted by Gasteiger charge is -2.22. The van der Waals surface area contributed by atoms with Crippen molar-refractivity contribution in [1.29, 1.82) is 0 Å². The molecule has 1 heterocycles. The Kier molecular flexibility index (Phi) is 4.02. The van der Waals surface area contributed by atoms with Gasteiger partial charge in [-0.25, -0.2) is 4.98 Å². The second-order valence-corrected chi connectivity index (χ2v) is 4.49. The quantitative estimate of drug-likeness (QED) is 0.868. The Morgan fingerprint density at radius 1 is 1.24 bits per heavy atom. The smallest absolute Gasteiger partial charge is 0.421 e. The van der Waals surface area contributed by atoms with E-state index in [1.807, 2.05) is 13.0 Å². The highest BCUT2D eigenvalue weighted by atomic mass is 19.4. The summed E-state index contributed by atoms with van der Waals surface area (Å²) in [6.45, 7) is 1.86. The van der Waals surface area contributed by atoms with Gasteiger partial charge in [-0.3, -0.25) is 0 Å². The van der Waals surface area contributed by atoms with Crippen LogP contribution in [0.5, 0.6) is 6.01 Å². The maximum atomic E-state index is 13.1. The van der Waals surface area contributed by atoms with Crippen LogP contribution in [-0.2, 0) is 6.18 Å². The van der Waals surface area contributed by atoms with E-state index in [9.17, 15) is 13.2 Å². The zero-order chi connectivity index (χ0) is 15.6. The summed E-state index contributed by atoms with van der Waals surface area (Å²) in [7, 11) is 2.82. The summed E-state index contributed by atoms with van der Waals surface area (Å²) in [5.41, 5.74) is 0.627. The third-order valence-corrected chi connectivity index (χ3v) is 2.94. The summed E-state index contributed by atoms with van der Waals surface area (Å²) in [5, 5.41) is 0. The Bertz CT molecular complexity index is 644. The first-order chi connectivity index (χ1) is 9.82. The number of halogens is 3. The van der Waals surface area contributed by atoms with Crippen LogP contribution in [0.25, 0.3) is 0 Å². The van der Waals surface area contributed by atoms with Gasteiger partial charge in [0.05, 0.1) is 7.11 Å². The molecule has 1 aromatic heterocycles. The van der Waals surface area contributed by atoms with E-state index < -0.39 is 11.7 Å². The van der Waals surface area contributed by atoms with Gasteiger partial charge in [-0.1, -0.05) is 12.1 Å². The molecule has 112 valence electrons. The van der Waals surface area contributed by atoms with Gasteiger partial charge in [-0.2, -0.15) is 18.2 Å². The van der Waals surface area contributed by atoms with Gasteiger partial charge in [0.2, 0.25) is 0 Å². The van der Waals surface area contributed by atoms with E-state index in [0.717, 1.165) is 11.8 Å². The van der Waals surface area contributed by atoms with E-state index in [-0.39, 0.29) is 11.8 Å². The summed E-state index contributed by atoms with van der Waals surface area (Å²) < 4.78 is 44.1. The lowest BCUT2D eigenvalue weighted by molar-refractivity contribution is -0.137. The third-order valence-electron chi connectivity index (χ3n) is 2.94. The van der Waals surface area contributed by atoms with E-state index in [4.69, 9.17) is 4.74 Å².